The number of urea groups is 1. The number of rotatable bonds is 13. The maximum absolute atomic E-state index is 14.7. The Morgan fingerprint density at radius 2 is 1.65 bits per heavy atom. The van der Waals surface area contributed by atoms with E-state index in [0.29, 0.717) is 22.5 Å². The zero-order chi connectivity index (χ0) is 44.2. The number of phenolic OH excluding ortho intramolecular Hbond substituents is 1. The van der Waals surface area contributed by atoms with Gasteiger partial charge in [0.2, 0.25) is 11.8 Å². The van der Waals surface area contributed by atoms with Gasteiger partial charge in [0.05, 0.1) is 36.1 Å². The van der Waals surface area contributed by atoms with Crippen LogP contribution < -0.4 is 20.9 Å². The highest BCUT2D eigenvalue weighted by atomic mass is 16.3. The number of aromatic hydroxyl groups is 1. The Morgan fingerprint density at radius 3 is 2.35 bits per heavy atom. The number of phenols is 1. The predicted octanol–water partition coefficient (Wildman–Crippen LogP) is 6.08. The minimum Gasteiger partial charge on any atom is -0.508 e. The zero-order valence-electron chi connectivity index (χ0n) is 35.4. The molecular formula is C48H50N10O5. The molecule has 2 fully saturated rings. The van der Waals surface area contributed by atoms with E-state index in [2.05, 4.69) is 27.5 Å². The summed E-state index contributed by atoms with van der Waals surface area (Å²) >= 11 is 0. The predicted molar refractivity (Wildman–Crippen MR) is 243 cm³/mol. The van der Waals surface area contributed by atoms with Gasteiger partial charge in [-0.05, 0) is 65.2 Å². The summed E-state index contributed by atoms with van der Waals surface area (Å²) in [5.74, 6) is -0.185. The standard InChI is InChI=1S/C48H50N10O5/c1-5-24-56-31-44(60)57-41(25-32-14-21-38(59)22-15-32)47(62)55(30-43(57)58(56)48(63)50-26-33-10-7-6-8-11-33)28-34-12-9-13-39-40(29-54(4)45(34)39)46(61)52-36-18-23-42(49-27-36)51-35-16-19-37(20-17-35)53(2)3/h5-23,27,29,41,43,59H,1,24-26,28,30-31H2,2-4H3,(H,49,51)(H,50,63)(H,52,61). The zero-order valence-corrected chi connectivity index (χ0v) is 35.4. The van der Waals surface area contributed by atoms with Crippen molar-refractivity contribution in [1.29, 1.82) is 0 Å². The molecule has 0 aliphatic carbocycles. The lowest BCUT2D eigenvalue weighted by atomic mass is 9.98. The van der Waals surface area contributed by atoms with Crippen molar-refractivity contribution in [3.63, 3.8) is 0 Å². The van der Waals surface area contributed by atoms with Gasteiger partial charge >= 0.3 is 6.03 Å². The van der Waals surface area contributed by atoms with Crippen LogP contribution in [0.2, 0.25) is 0 Å². The molecule has 2 aromatic heterocycles. The molecule has 5 amide bonds. The fourth-order valence-electron chi connectivity index (χ4n) is 8.35. The Hall–Kier alpha value is -7.65. The first kappa shape index (κ1) is 42.1. The molecule has 2 unspecified atom stereocenters. The number of fused-ring (bicyclic) bond motifs is 2. The van der Waals surface area contributed by atoms with Gasteiger partial charge in [-0.25, -0.2) is 19.8 Å². The van der Waals surface area contributed by atoms with Gasteiger partial charge in [-0.3, -0.25) is 14.4 Å². The van der Waals surface area contributed by atoms with Gasteiger partial charge in [-0.2, -0.15) is 0 Å². The number of amides is 5. The summed E-state index contributed by atoms with van der Waals surface area (Å²) in [5, 5.41) is 23.2. The Bertz CT molecular complexity index is 2630. The monoisotopic (exact) mass is 846 g/mol. The van der Waals surface area contributed by atoms with Gasteiger partial charge < -0.3 is 40.3 Å². The van der Waals surface area contributed by atoms with E-state index >= 15 is 0 Å². The summed E-state index contributed by atoms with van der Waals surface area (Å²) in [6.45, 7) is 4.40. The summed E-state index contributed by atoms with van der Waals surface area (Å²) in [6.07, 6.45) is 4.31. The smallest absolute Gasteiger partial charge is 0.334 e. The average Bonchev–Trinajstić information content (AvgIpc) is 3.63. The van der Waals surface area contributed by atoms with E-state index in [1.807, 2.05) is 103 Å². The van der Waals surface area contributed by atoms with Crippen LogP contribution in [-0.2, 0) is 36.1 Å². The lowest BCUT2D eigenvalue weighted by Crippen LogP contribution is -2.76. The number of hydrogen-bond donors (Lipinski definition) is 4. The van der Waals surface area contributed by atoms with Gasteiger partial charge in [0.25, 0.3) is 5.91 Å². The third kappa shape index (κ3) is 9.04. The summed E-state index contributed by atoms with van der Waals surface area (Å²) in [6, 6.07) is 31.9. The topological polar surface area (TPSA) is 159 Å². The highest BCUT2D eigenvalue weighted by Crippen LogP contribution is 2.32. The fraction of sp³-hybridized carbons (Fsp3) is 0.229. The summed E-state index contributed by atoms with van der Waals surface area (Å²) in [4.78, 5) is 66.7. The molecule has 63 heavy (non-hydrogen) atoms. The van der Waals surface area contributed by atoms with E-state index in [1.165, 1.54) is 0 Å². The number of carbonyl (C=O) groups is 4. The van der Waals surface area contributed by atoms with E-state index in [4.69, 9.17) is 0 Å². The number of para-hydroxylation sites is 1. The van der Waals surface area contributed by atoms with Gasteiger partial charge in [-0.1, -0.05) is 66.7 Å². The Labute approximate surface area is 365 Å². The van der Waals surface area contributed by atoms with Crippen molar-refractivity contribution in [2.45, 2.75) is 31.7 Å². The van der Waals surface area contributed by atoms with Crippen LogP contribution >= 0.6 is 0 Å². The first-order chi connectivity index (χ1) is 30.5. The minimum atomic E-state index is -0.955. The molecule has 4 N–H and O–H groups in total. The molecule has 8 rings (SSSR count). The minimum absolute atomic E-state index is 0.0243. The largest absolute Gasteiger partial charge is 0.508 e. The van der Waals surface area contributed by atoms with Crippen LogP contribution in [0, 0.1) is 0 Å². The van der Waals surface area contributed by atoms with Crippen molar-refractivity contribution in [3.05, 3.63) is 156 Å². The molecule has 2 aliphatic heterocycles. The number of carbonyl (C=O) groups excluding carboxylic acids is 4. The van der Waals surface area contributed by atoms with Crippen LogP contribution in [0.4, 0.5) is 27.7 Å². The summed E-state index contributed by atoms with van der Waals surface area (Å²) < 4.78 is 1.88. The van der Waals surface area contributed by atoms with Gasteiger partial charge in [-0.15, -0.1) is 6.58 Å². The van der Waals surface area contributed by atoms with Crippen molar-refractivity contribution in [1.82, 2.24) is 34.7 Å². The number of hydrogen-bond acceptors (Lipinski definition) is 9. The molecule has 6 aromatic rings. The van der Waals surface area contributed by atoms with E-state index in [1.54, 1.807) is 74.7 Å². The second kappa shape index (κ2) is 18.1. The van der Waals surface area contributed by atoms with Crippen molar-refractivity contribution in [3.8, 4) is 5.75 Å². The maximum atomic E-state index is 14.7. The van der Waals surface area contributed by atoms with Crippen molar-refractivity contribution in [2.75, 3.05) is 49.3 Å². The summed E-state index contributed by atoms with van der Waals surface area (Å²) in [5.41, 5.74) is 6.12. The third-order valence-electron chi connectivity index (χ3n) is 11.4. The van der Waals surface area contributed by atoms with Gasteiger partial charge in [0, 0.05) is 70.2 Å². The van der Waals surface area contributed by atoms with Crippen LogP contribution in [0.3, 0.4) is 0 Å². The van der Waals surface area contributed by atoms with Crippen LogP contribution in [0.25, 0.3) is 10.9 Å². The van der Waals surface area contributed by atoms with Crippen molar-refractivity contribution in [2.24, 2.45) is 7.05 Å². The number of benzene rings is 4. The Morgan fingerprint density at radius 1 is 0.905 bits per heavy atom. The molecule has 322 valence electrons. The Kier molecular flexibility index (Phi) is 12.1. The normalized spacial score (nSPS) is 16.5. The number of hydrazine groups is 1. The molecule has 0 bridgehead atoms. The molecule has 4 aromatic carbocycles. The highest BCUT2D eigenvalue weighted by molar-refractivity contribution is 6.13. The van der Waals surface area contributed by atoms with Crippen LogP contribution in [0.1, 0.15) is 27.0 Å². The van der Waals surface area contributed by atoms with E-state index < -0.39 is 18.2 Å². The molecule has 15 heteroatoms. The third-order valence-corrected chi connectivity index (χ3v) is 11.4. The Balaban J connectivity index is 1.06. The number of anilines is 4. The van der Waals surface area contributed by atoms with Gasteiger partial charge in [0.15, 0.2) is 0 Å². The molecule has 0 saturated carbocycles. The van der Waals surface area contributed by atoms with Gasteiger partial charge in [0.1, 0.15) is 23.8 Å². The van der Waals surface area contributed by atoms with Crippen molar-refractivity contribution >= 4 is 57.5 Å². The number of pyridine rings is 1. The molecule has 2 atom stereocenters. The second-order valence-corrected chi connectivity index (χ2v) is 15.9. The first-order valence-corrected chi connectivity index (χ1v) is 20.7. The summed E-state index contributed by atoms with van der Waals surface area (Å²) in [7, 11) is 5.83. The number of nitrogens with one attached hydrogen (secondary N) is 3. The van der Waals surface area contributed by atoms with Crippen LogP contribution in [0.15, 0.2) is 134 Å². The van der Waals surface area contributed by atoms with E-state index in [0.717, 1.165) is 33.6 Å². The fourth-order valence-corrected chi connectivity index (χ4v) is 8.35. The number of nitrogens with zero attached hydrogens (tertiary/aromatic N) is 7. The highest BCUT2D eigenvalue weighted by Gasteiger charge is 2.51. The molecule has 15 nitrogen and oxygen atoms in total. The van der Waals surface area contributed by atoms with Crippen molar-refractivity contribution < 1.29 is 24.3 Å². The number of aryl methyl sites for hydroxylation is 1. The van der Waals surface area contributed by atoms with E-state index in [9.17, 15) is 24.3 Å². The number of piperazine rings is 1. The average molecular weight is 847 g/mol. The van der Waals surface area contributed by atoms with E-state index in [-0.39, 0.29) is 62.6 Å². The quantitative estimate of drug-likeness (QED) is 0.101. The second-order valence-electron chi connectivity index (χ2n) is 15.9. The molecule has 2 aliphatic rings. The van der Waals surface area contributed by atoms with Crippen LogP contribution in [0.5, 0.6) is 5.75 Å². The molecule has 4 heterocycles. The molecule has 0 spiro atoms. The maximum Gasteiger partial charge on any atom is 0.334 e. The molecule has 0 radical (unpaired) electrons. The first-order valence-electron chi connectivity index (χ1n) is 20.7. The molecule has 2 saturated heterocycles. The number of aromatic nitrogens is 2. The SMILES string of the molecule is C=CCN1CC(=O)N2C(Cc3ccc(O)cc3)C(=O)N(Cc3cccc4c(C(=O)Nc5ccc(Nc6ccc(N(C)C)cc6)nc5)cn(C)c34)CC2N1C(=O)NCc1ccccc1. The lowest BCUT2D eigenvalue weighted by molar-refractivity contribution is -0.189. The lowest BCUT2D eigenvalue weighted by Gasteiger charge is -2.55. The van der Waals surface area contributed by atoms with Crippen LogP contribution in [-0.4, -0.2) is 104 Å². The molecular weight excluding hydrogens is 797 g/mol.